The topological polar surface area (TPSA) is 309 Å². The van der Waals surface area contributed by atoms with Gasteiger partial charge in [-0.2, -0.15) is 27.1 Å². The molecule has 24 heteroatoms. The number of azo groups is 2. The van der Waals surface area contributed by atoms with Crippen molar-refractivity contribution in [1.82, 2.24) is 0 Å². The maximum Gasteiger partial charge on any atom is 0.296 e. The second-order valence-electron chi connectivity index (χ2n) is 10.4. The van der Waals surface area contributed by atoms with Gasteiger partial charge in [0.25, 0.3) is 31.6 Å². The summed E-state index contributed by atoms with van der Waals surface area (Å²) in [4.78, 5) is 19.0. The van der Waals surface area contributed by atoms with E-state index in [4.69, 9.17) is 0 Å². The minimum Gasteiger partial charge on any atom is -0.505 e. The van der Waals surface area contributed by atoms with E-state index in [9.17, 15) is 56.4 Å². The van der Waals surface area contributed by atoms with E-state index in [-0.39, 0.29) is 93.2 Å². The molecule has 0 saturated carbocycles. The van der Waals surface area contributed by atoms with Gasteiger partial charge in [-0.3, -0.25) is 29.3 Å². The Kier molecular flexibility index (Phi) is 14.5. The summed E-state index contributed by atoms with van der Waals surface area (Å²) in [6, 6.07) is 19.9. The molecular formula is C30H22N8Na2O12S2. The Labute approximate surface area is 349 Å². The van der Waals surface area contributed by atoms with Gasteiger partial charge in [0.15, 0.2) is 11.4 Å². The number of nitro benzene ring substituents is 2. The fourth-order valence-electron chi connectivity index (χ4n) is 4.37. The van der Waals surface area contributed by atoms with E-state index in [2.05, 4.69) is 31.1 Å². The van der Waals surface area contributed by atoms with Gasteiger partial charge in [-0.05, 0) is 72.8 Å². The first-order valence-electron chi connectivity index (χ1n) is 14.1. The van der Waals surface area contributed by atoms with Crippen molar-refractivity contribution >= 4 is 136 Å². The number of nitrogens with zero attached hydrogens (tertiary/aromatic N) is 6. The summed E-state index contributed by atoms with van der Waals surface area (Å²) in [6.45, 7) is 0. The number of hydrogen-bond acceptors (Lipinski definition) is 16. The molecule has 0 aliphatic heterocycles. The molecule has 0 aliphatic carbocycles. The molecule has 268 valence electrons. The first kappa shape index (κ1) is 43.5. The van der Waals surface area contributed by atoms with Gasteiger partial charge in [-0.15, -0.1) is 10.2 Å². The Morgan fingerprint density at radius 2 is 0.963 bits per heavy atom. The van der Waals surface area contributed by atoms with Crippen LogP contribution in [0.3, 0.4) is 0 Å². The van der Waals surface area contributed by atoms with Crippen molar-refractivity contribution < 1.29 is 46.0 Å². The van der Waals surface area contributed by atoms with Crippen LogP contribution < -0.4 is 10.6 Å². The SMILES string of the molecule is O=[N+]([O-])c1ccc(Nc2ccc(N=Nc3ccc(O)c(N=Nc4ccc(Nc5ccc([N+](=O)[O-])cc5S(=O)(=O)O)cc4)c3O)cc2)c(S(=O)(=O)O)c1.[Na].[Na]. The van der Waals surface area contributed by atoms with Crippen LogP contribution in [-0.2, 0) is 20.2 Å². The van der Waals surface area contributed by atoms with Crippen molar-refractivity contribution in [2.45, 2.75) is 9.79 Å². The molecule has 0 aliphatic rings. The molecule has 5 aromatic rings. The Hall–Kier alpha value is -4.88. The zero-order valence-electron chi connectivity index (χ0n) is 27.8. The van der Waals surface area contributed by atoms with Gasteiger partial charge in [0, 0.05) is 94.8 Å². The summed E-state index contributed by atoms with van der Waals surface area (Å²) in [7, 11) is -9.62. The third kappa shape index (κ3) is 10.8. The molecule has 5 aromatic carbocycles. The predicted molar refractivity (Wildman–Crippen MR) is 195 cm³/mol. The normalized spacial score (nSPS) is 11.4. The number of anilines is 4. The minimum absolute atomic E-state index is 0. The molecule has 20 nitrogen and oxygen atoms in total. The molecule has 0 bridgehead atoms. The molecule has 2 radical (unpaired) electrons. The third-order valence-corrected chi connectivity index (χ3v) is 8.63. The van der Waals surface area contributed by atoms with E-state index >= 15 is 0 Å². The van der Waals surface area contributed by atoms with Crippen LogP contribution in [0.25, 0.3) is 0 Å². The van der Waals surface area contributed by atoms with Crippen molar-refractivity contribution in [2.24, 2.45) is 20.5 Å². The number of benzene rings is 5. The van der Waals surface area contributed by atoms with Crippen molar-refractivity contribution in [3.63, 3.8) is 0 Å². The van der Waals surface area contributed by atoms with E-state index in [1.165, 1.54) is 60.7 Å². The summed E-state index contributed by atoms with van der Waals surface area (Å²) in [6.07, 6.45) is 0. The second kappa shape index (κ2) is 18.0. The van der Waals surface area contributed by atoms with Crippen LogP contribution in [0.5, 0.6) is 11.5 Å². The maximum absolute atomic E-state index is 11.8. The Morgan fingerprint density at radius 3 is 1.35 bits per heavy atom. The van der Waals surface area contributed by atoms with Gasteiger partial charge in [-0.1, -0.05) is 0 Å². The largest absolute Gasteiger partial charge is 0.505 e. The van der Waals surface area contributed by atoms with Crippen LogP contribution in [0.15, 0.2) is 127 Å². The molecule has 0 unspecified atom stereocenters. The van der Waals surface area contributed by atoms with Crippen LogP contribution in [0.2, 0.25) is 0 Å². The van der Waals surface area contributed by atoms with Crippen LogP contribution in [0.4, 0.5) is 56.9 Å². The van der Waals surface area contributed by atoms with Gasteiger partial charge < -0.3 is 20.8 Å². The van der Waals surface area contributed by atoms with Crippen LogP contribution in [-0.4, -0.2) is 105 Å². The Balaban J connectivity index is 0.00000392. The number of hydrogen-bond donors (Lipinski definition) is 6. The monoisotopic (exact) mass is 796 g/mol. The number of nitrogens with one attached hydrogen (secondary N) is 2. The molecule has 0 spiro atoms. The molecule has 0 aromatic heterocycles. The maximum atomic E-state index is 11.8. The van der Waals surface area contributed by atoms with Gasteiger partial charge in [0.05, 0.1) is 32.6 Å². The van der Waals surface area contributed by atoms with Crippen LogP contribution in [0.1, 0.15) is 0 Å². The van der Waals surface area contributed by atoms with Gasteiger partial charge in [0.1, 0.15) is 21.2 Å². The molecule has 5 rings (SSSR count). The average Bonchev–Trinajstić information content (AvgIpc) is 3.08. The summed E-state index contributed by atoms with van der Waals surface area (Å²) in [5.41, 5.74) is -0.662. The Morgan fingerprint density at radius 1 is 0.556 bits per heavy atom. The molecule has 54 heavy (non-hydrogen) atoms. The summed E-state index contributed by atoms with van der Waals surface area (Å²) in [5.74, 6) is -1.02. The number of non-ortho nitro benzene ring substituents is 2. The standard InChI is InChI=1S/C30H22N8O12S2.2Na/c39-26-14-13-25(35-33-19-5-1-17(2-6-19)31-23-11-9-21(37(41)42)15-27(23)51(45,46)47)30(40)29(26)36-34-20-7-3-18(4-8-20)32-24-12-10-22(38(43)44)16-28(24)52(48,49)50;;/h1-16,31-32,39-40H,(H,45,46,47)(H,48,49,50);;. The van der Waals surface area contributed by atoms with Gasteiger partial charge in [0.2, 0.25) is 0 Å². The quantitative estimate of drug-likeness (QED) is 0.0244. The molecule has 0 saturated heterocycles. The molecular weight excluding hydrogens is 774 g/mol. The third-order valence-electron chi connectivity index (χ3n) is 6.85. The zero-order valence-corrected chi connectivity index (χ0v) is 33.4. The fraction of sp³-hybridized carbons (Fsp3) is 0. The van der Waals surface area contributed by atoms with Crippen LogP contribution in [0, 0.1) is 20.2 Å². The fourth-order valence-corrected chi connectivity index (χ4v) is 5.71. The summed E-state index contributed by atoms with van der Waals surface area (Å²) in [5, 5.41) is 64.4. The number of rotatable bonds is 12. The Bertz CT molecular complexity index is 2510. The molecule has 0 amide bonds. The van der Waals surface area contributed by atoms with E-state index in [1.807, 2.05) is 0 Å². The first-order chi connectivity index (χ1) is 24.5. The average molecular weight is 797 g/mol. The van der Waals surface area contributed by atoms with E-state index in [0.717, 1.165) is 24.3 Å². The van der Waals surface area contributed by atoms with E-state index < -0.39 is 62.7 Å². The van der Waals surface area contributed by atoms with E-state index in [1.54, 1.807) is 0 Å². The molecule has 0 atom stereocenters. The second-order valence-corrected chi connectivity index (χ2v) is 13.1. The summed E-state index contributed by atoms with van der Waals surface area (Å²) >= 11 is 0. The minimum atomic E-state index is -4.81. The van der Waals surface area contributed by atoms with Crippen molar-refractivity contribution in [3.8, 4) is 11.5 Å². The predicted octanol–water partition coefficient (Wildman–Crippen LogP) is 6.96. The molecule has 6 N–H and O–H groups in total. The van der Waals surface area contributed by atoms with Gasteiger partial charge >= 0.3 is 0 Å². The first-order valence-corrected chi connectivity index (χ1v) is 17.0. The number of aromatic hydroxyl groups is 2. The smallest absolute Gasteiger partial charge is 0.296 e. The zero-order chi connectivity index (χ0) is 37.8. The molecule has 0 heterocycles. The number of nitro groups is 2. The summed E-state index contributed by atoms with van der Waals surface area (Å²) < 4.78 is 66.2. The van der Waals surface area contributed by atoms with Crippen molar-refractivity contribution in [1.29, 1.82) is 0 Å². The van der Waals surface area contributed by atoms with Crippen molar-refractivity contribution in [3.05, 3.63) is 117 Å². The number of phenols is 2. The van der Waals surface area contributed by atoms with Crippen LogP contribution >= 0.6 is 0 Å². The number of phenolic OH excluding ortho intramolecular Hbond substituents is 2. The van der Waals surface area contributed by atoms with E-state index in [0.29, 0.717) is 23.5 Å². The van der Waals surface area contributed by atoms with Crippen molar-refractivity contribution in [2.75, 3.05) is 10.6 Å². The van der Waals surface area contributed by atoms with Gasteiger partial charge in [-0.25, -0.2) is 0 Å². The molecule has 0 fully saturated rings.